The average molecular weight is 293 g/mol. The standard InChI is InChI=1S/C15H23N3OS/c1-16-5-7-17(8-6-16)14-2-4-18(11-14)15(19)10-13-3-9-20-12-13/h3,9,12,14H,2,4-8,10-11H2,1H3/t14-/m1/s1. The van der Waals surface area contributed by atoms with E-state index in [-0.39, 0.29) is 0 Å². The molecular formula is C15H23N3OS. The highest BCUT2D eigenvalue weighted by molar-refractivity contribution is 7.07. The first kappa shape index (κ1) is 14.0. The van der Waals surface area contributed by atoms with Crippen LogP contribution in [0, 0.1) is 0 Å². The van der Waals surface area contributed by atoms with Gasteiger partial charge in [-0.3, -0.25) is 9.69 Å². The number of amides is 1. The third-order valence-corrected chi connectivity index (χ3v) is 5.24. The van der Waals surface area contributed by atoms with E-state index in [0.29, 0.717) is 18.4 Å². The molecule has 2 aliphatic rings. The van der Waals surface area contributed by atoms with E-state index in [2.05, 4.69) is 33.2 Å². The smallest absolute Gasteiger partial charge is 0.227 e. The molecule has 0 spiro atoms. The Hall–Kier alpha value is -0.910. The number of likely N-dealkylation sites (tertiary alicyclic amines) is 1. The summed E-state index contributed by atoms with van der Waals surface area (Å²) in [7, 11) is 2.18. The quantitative estimate of drug-likeness (QED) is 0.836. The van der Waals surface area contributed by atoms with Crippen LogP contribution < -0.4 is 0 Å². The molecule has 2 saturated heterocycles. The number of carbonyl (C=O) groups excluding carboxylic acids is 1. The first-order valence-electron chi connectivity index (χ1n) is 7.44. The van der Waals surface area contributed by atoms with Crippen LogP contribution in [0.4, 0.5) is 0 Å². The third-order valence-electron chi connectivity index (χ3n) is 4.51. The molecule has 0 saturated carbocycles. The monoisotopic (exact) mass is 293 g/mol. The highest BCUT2D eigenvalue weighted by atomic mass is 32.1. The van der Waals surface area contributed by atoms with E-state index < -0.39 is 0 Å². The largest absolute Gasteiger partial charge is 0.341 e. The SMILES string of the molecule is CN1CCN([C@@H]2CCN(C(=O)Cc3ccsc3)C2)CC1. The maximum absolute atomic E-state index is 12.3. The minimum Gasteiger partial charge on any atom is -0.341 e. The zero-order valence-electron chi connectivity index (χ0n) is 12.1. The maximum atomic E-state index is 12.3. The van der Waals surface area contributed by atoms with Gasteiger partial charge in [0.25, 0.3) is 0 Å². The summed E-state index contributed by atoms with van der Waals surface area (Å²) in [5.41, 5.74) is 1.16. The molecule has 2 aliphatic heterocycles. The number of nitrogens with zero attached hydrogens (tertiary/aromatic N) is 3. The number of likely N-dealkylation sites (N-methyl/N-ethyl adjacent to an activating group) is 1. The Bertz CT molecular complexity index is 440. The topological polar surface area (TPSA) is 26.8 Å². The Labute approximate surface area is 125 Å². The molecule has 3 rings (SSSR count). The summed E-state index contributed by atoms with van der Waals surface area (Å²) < 4.78 is 0. The van der Waals surface area contributed by atoms with Crippen molar-refractivity contribution in [2.75, 3.05) is 46.3 Å². The van der Waals surface area contributed by atoms with Gasteiger partial charge >= 0.3 is 0 Å². The fourth-order valence-corrected chi connectivity index (χ4v) is 3.80. The molecule has 1 amide bonds. The van der Waals surface area contributed by atoms with Crippen molar-refractivity contribution in [3.8, 4) is 0 Å². The first-order valence-corrected chi connectivity index (χ1v) is 8.38. The maximum Gasteiger partial charge on any atom is 0.227 e. The molecule has 1 atom stereocenters. The molecular weight excluding hydrogens is 270 g/mol. The molecule has 1 aromatic heterocycles. The number of rotatable bonds is 3. The van der Waals surface area contributed by atoms with Crippen LogP contribution in [0.25, 0.3) is 0 Å². The van der Waals surface area contributed by atoms with Crippen LogP contribution in [-0.2, 0) is 11.2 Å². The van der Waals surface area contributed by atoms with Crippen LogP contribution in [-0.4, -0.2) is 73.0 Å². The van der Waals surface area contributed by atoms with Crippen molar-refractivity contribution in [1.82, 2.24) is 14.7 Å². The summed E-state index contributed by atoms with van der Waals surface area (Å²) in [6.45, 7) is 6.45. The van der Waals surface area contributed by atoms with Gasteiger partial charge in [-0.15, -0.1) is 0 Å². The van der Waals surface area contributed by atoms with Gasteiger partial charge in [0.2, 0.25) is 5.91 Å². The lowest BCUT2D eigenvalue weighted by Crippen LogP contribution is -2.50. The van der Waals surface area contributed by atoms with Gasteiger partial charge in [0, 0.05) is 45.3 Å². The van der Waals surface area contributed by atoms with Gasteiger partial charge in [0.1, 0.15) is 0 Å². The lowest BCUT2D eigenvalue weighted by molar-refractivity contribution is -0.129. The Morgan fingerprint density at radius 2 is 2.10 bits per heavy atom. The molecule has 2 fully saturated rings. The lowest BCUT2D eigenvalue weighted by atomic mass is 10.2. The normalized spacial score (nSPS) is 25.2. The van der Waals surface area contributed by atoms with Crippen molar-refractivity contribution in [3.63, 3.8) is 0 Å². The predicted molar refractivity (Wildman–Crippen MR) is 82.1 cm³/mol. The zero-order valence-corrected chi connectivity index (χ0v) is 12.9. The molecule has 3 heterocycles. The molecule has 0 N–H and O–H groups in total. The summed E-state index contributed by atoms with van der Waals surface area (Å²) in [4.78, 5) is 19.3. The molecule has 4 nitrogen and oxygen atoms in total. The van der Waals surface area contributed by atoms with Gasteiger partial charge in [-0.1, -0.05) is 0 Å². The number of hydrogen-bond donors (Lipinski definition) is 0. The highest BCUT2D eigenvalue weighted by Crippen LogP contribution is 2.18. The van der Waals surface area contributed by atoms with Gasteiger partial charge in [-0.25, -0.2) is 0 Å². The fraction of sp³-hybridized carbons (Fsp3) is 0.667. The summed E-state index contributed by atoms with van der Waals surface area (Å²) >= 11 is 1.66. The molecule has 0 bridgehead atoms. The Kier molecular flexibility index (Phi) is 4.38. The van der Waals surface area contributed by atoms with Crippen LogP contribution in [0.5, 0.6) is 0 Å². The van der Waals surface area contributed by atoms with Crippen molar-refractivity contribution >= 4 is 17.2 Å². The van der Waals surface area contributed by atoms with Crippen LogP contribution >= 0.6 is 11.3 Å². The van der Waals surface area contributed by atoms with Crippen molar-refractivity contribution in [2.24, 2.45) is 0 Å². The van der Waals surface area contributed by atoms with Crippen LogP contribution in [0.15, 0.2) is 16.8 Å². The van der Waals surface area contributed by atoms with Crippen molar-refractivity contribution < 1.29 is 4.79 Å². The van der Waals surface area contributed by atoms with E-state index in [1.807, 2.05) is 5.38 Å². The van der Waals surface area contributed by atoms with E-state index >= 15 is 0 Å². The third kappa shape index (κ3) is 3.22. The number of piperazine rings is 1. The molecule has 1 aromatic rings. The number of carbonyl (C=O) groups is 1. The minimum atomic E-state index is 0.292. The zero-order chi connectivity index (χ0) is 13.9. The second kappa shape index (κ2) is 6.24. The van der Waals surface area contributed by atoms with Gasteiger partial charge in [-0.05, 0) is 35.9 Å². The fourth-order valence-electron chi connectivity index (χ4n) is 3.13. The number of hydrogen-bond acceptors (Lipinski definition) is 4. The molecule has 0 aliphatic carbocycles. The second-order valence-corrected chi connectivity index (χ2v) is 6.71. The van der Waals surface area contributed by atoms with Gasteiger partial charge in [0.05, 0.1) is 6.42 Å². The summed E-state index contributed by atoms with van der Waals surface area (Å²) in [6, 6.07) is 2.63. The molecule has 0 unspecified atom stereocenters. The van der Waals surface area contributed by atoms with Gasteiger partial charge < -0.3 is 9.80 Å². The van der Waals surface area contributed by atoms with Crippen LogP contribution in [0.3, 0.4) is 0 Å². The molecule has 110 valence electrons. The average Bonchev–Trinajstić information content (AvgIpc) is 3.10. The predicted octanol–water partition coefficient (Wildman–Crippen LogP) is 1.14. The Morgan fingerprint density at radius 1 is 1.30 bits per heavy atom. The lowest BCUT2D eigenvalue weighted by Gasteiger charge is -2.36. The van der Waals surface area contributed by atoms with E-state index in [9.17, 15) is 4.79 Å². The van der Waals surface area contributed by atoms with Gasteiger partial charge in [0.15, 0.2) is 0 Å². The van der Waals surface area contributed by atoms with Crippen molar-refractivity contribution in [1.29, 1.82) is 0 Å². The van der Waals surface area contributed by atoms with Crippen LogP contribution in [0.1, 0.15) is 12.0 Å². The summed E-state index contributed by atoms with van der Waals surface area (Å²) in [5, 5.41) is 4.12. The van der Waals surface area contributed by atoms with E-state index in [0.717, 1.165) is 51.3 Å². The van der Waals surface area contributed by atoms with E-state index in [4.69, 9.17) is 0 Å². The van der Waals surface area contributed by atoms with Crippen molar-refractivity contribution in [3.05, 3.63) is 22.4 Å². The first-order chi connectivity index (χ1) is 9.72. The Balaban J connectivity index is 1.50. The van der Waals surface area contributed by atoms with Crippen molar-refractivity contribution in [2.45, 2.75) is 18.9 Å². The Morgan fingerprint density at radius 3 is 2.80 bits per heavy atom. The van der Waals surface area contributed by atoms with Gasteiger partial charge in [-0.2, -0.15) is 11.3 Å². The molecule has 0 radical (unpaired) electrons. The highest BCUT2D eigenvalue weighted by Gasteiger charge is 2.31. The molecule has 0 aromatic carbocycles. The molecule has 5 heteroatoms. The summed E-state index contributed by atoms with van der Waals surface area (Å²) in [6.07, 6.45) is 1.71. The second-order valence-electron chi connectivity index (χ2n) is 5.93. The van der Waals surface area contributed by atoms with E-state index in [1.54, 1.807) is 11.3 Å². The van der Waals surface area contributed by atoms with E-state index in [1.165, 1.54) is 0 Å². The van der Waals surface area contributed by atoms with Crippen LogP contribution in [0.2, 0.25) is 0 Å². The molecule has 20 heavy (non-hydrogen) atoms. The number of thiophene rings is 1. The minimum absolute atomic E-state index is 0.292. The summed E-state index contributed by atoms with van der Waals surface area (Å²) in [5.74, 6) is 0.292.